The molecule has 0 heterocycles. The van der Waals surface area contributed by atoms with E-state index >= 15 is 0 Å². The van der Waals surface area contributed by atoms with E-state index in [0.29, 0.717) is 6.92 Å². The van der Waals surface area contributed by atoms with Crippen molar-refractivity contribution in [1.82, 2.24) is 0 Å². The second-order valence-corrected chi connectivity index (χ2v) is 3.75. The largest absolute Gasteiger partial charge is 0.430 e. The number of alkyl halides is 2. The predicted octanol–water partition coefficient (Wildman–Crippen LogP) is 3.94. The van der Waals surface area contributed by atoms with Gasteiger partial charge in [-0.25, -0.2) is 4.39 Å². The minimum atomic E-state index is -3.36. The Labute approximate surface area is 86.9 Å². The first-order chi connectivity index (χ1) is 6.79. The number of rotatable bonds is 3. The van der Waals surface area contributed by atoms with E-state index in [1.807, 2.05) is 13.8 Å². The molecule has 0 fully saturated rings. The molecule has 0 saturated carbocycles. The number of ether oxygens (including phenoxy) is 1. The third kappa shape index (κ3) is 3.46. The molecule has 1 aromatic rings. The topological polar surface area (TPSA) is 9.23 Å². The summed E-state index contributed by atoms with van der Waals surface area (Å²) in [5, 5.41) is 0. The summed E-state index contributed by atoms with van der Waals surface area (Å²) >= 11 is 0. The third-order valence-electron chi connectivity index (χ3n) is 1.91. The lowest BCUT2D eigenvalue weighted by Gasteiger charge is -2.15. The molecule has 0 aromatic heterocycles. The molecule has 0 saturated heterocycles. The molecule has 0 radical (unpaired) electrons. The highest BCUT2D eigenvalue weighted by Crippen LogP contribution is 2.27. The maximum atomic E-state index is 13.1. The zero-order valence-corrected chi connectivity index (χ0v) is 8.85. The van der Waals surface area contributed by atoms with Crippen molar-refractivity contribution < 1.29 is 17.9 Å². The lowest BCUT2D eigenvalue weighted by atomic mass is 10.0. The van der Waals surface area contributed by atoms with Crippen molar-refractivity contribution in [2.45, 2.75) is 32.8 Å². The van der Waals surface area contributed by atoms with Crippen LogP contribution in [0.2, 0.25) is 0 Å². The van der Waals surface area contributed by atoms with Crippen LogP contribution in [-0.4, -0.2) is 6.11 Å². The molecule has 4 heteroatoms. The molecule has 0 N–H and O–H groups in total. The highest BCUT2D eigenvalue weighted by atomic mass is 19.3. The monoisotopic (exact) mass is 218 g/mol. The van der Waals surface area contributed by atoms with E-state index in [4.69, 9.17) is 0 Å². The molecule has 0 spiro atoms. The van der Waals surface area contributed by atoms with Crippen LogP contribution in [-0.2, 0) is 0 Å². The summed E-state index contributed by atoms with van der Waals surface area (Å²) < 4.78 is 42.4. The van der Waals surface area contributed by atoms with E-state index in [0.717, 1.165) is 11.6 Å². The van der Waals surface area contributed by atoms with Gasteiger partial charge in [0.1, 0.15) is 0 Å². The van der Waals surface area contributed by atoms with E-state index in [1.165, 1.54) is 6.07 Å². The van der Waals surface area contributed by atoms with Gasteiger partial charge in [0.2, 0.25) is 0 Å². The summed E-state index contributed by atoms with van der Waals surface area (Å²) in [6.45, 7) is 4.36. The van der Waals surface area contributed by atoms with Crippen LogP contribution in [0, 0.1) is 5.82 Å². The molecule has 84 valence electrons. The molecule has 1 rings (SSSR count). The van der Waals surface area contributed by atoms with Gasteiger partial charge < -0.3 is 4.74 Å². The molecule has 1 aromatic carbocycles. The van der Waals surface area contributed by atoms with Crippen molar-refractivity contribution in [3.05, 3.63) is 29.6 Å². The zero-order valence-electron chi connectivity index (χ0n) is 8.85. The zero-order chi connectivity index (χ0) is 11.6. The minimum absolute atomic E-state index is 0.137. The van der Waals surface area contributed by atoms with Crippen LogP contribution < -0.4 is 4.74 Å². The molecule has 0 unspecified atom stereocenters. The normalized spacial score (nSPS) is 11.9. The smallest absolute Gasteiger partial charge is 0.395 e. The summed E-state index contributed by atoms with van der Waals surface area (Å²) in [6, 6.07) is 3.99. The number of hydrogen-bond acceptors (Lipinski definition) is 1. The lowest BCUT2D eigenvalue weighted by Crippen LogP contribution is -2.20. The van der Waals surface area contributed by atoms with Gasteiger partial charge in [0.25, 0.3) is 0 Å². The maximum Gasteiger partial charge on any atom is 0.395 e. The van der Waals surface area contributed by atoms with Crippen molar-refractivity contribution in [3.8, 4) is 5.75 Å². The van der Waals surface area contributed by atoms with Crippen molar-refractivity contribution in [3.63, 3.8) is 0 Å². The van der Waals surface area contributed by atoms with E-state index < -0.39 is 17.7 Å². The van der Waals surface area contributed by atoms with Crippen molar-refractivity contribution in [2.24, 2.45) is 0 Å². The Kier molecular flexibility index (Phi) is 3.27. The van der Waals surface area contributed by atoms with E-state index in [-0.39, 0.29) is 5.92 Å². The maximum absolute atomic E-state index is 13.1. The van der Waals surface area contributed by atoms with Crippen LogP contribution in [0.3, 0.4) is 0 Å². The summed E-state index contributed by atoms with van der Waals surface area (Å²) in [5.74, 6) is -1.05. The first-order valence-corrected chi connectivity index (χ1v) is 4.66. The third-order valence-corrected chi connectivity index (χ3v) is 1.91. The molecule has 1 nitrogen and oxygen atoms in total. The van der Waals surface area contributed by atoms with Crippen LogP contribution in [0.4, 0.5) is 13.2 Å². The molecule has 0 amide bonds. The van der Waals surface area contributed by atoms with Gasteiger partial charge in [-0.2, -0.15) is 8.78 Å². The molecular formula is C11H13F3O. The highest BCUT2D eigenvalue weighted by molar-refractivity contribution is 5.32. The Morgan fingerprint density at radius 3 is 2.33 bits per heavy atom. The van der Waals surface area contributed by atoms with Crippen LogP contribution in [0.15, 0.2) is 18.2 Å². The summed E-state index contributed by atoms with van der Waals surface area (Å²) in [7, 11) is 0. The fourth-order valence-corrected chi connectivity index (χ4v) is 1.15. The van der Waals surface area contributed by atoms with Gasteiger partial charge in [0.15, 0.2) is 11.6 Å². The van der Waals surface area contributed by atoms with Gasteiger partial charge in [-0.1, -0.05) is 19.9 Å². The first kappa shape index (κ1) is 11.9. The molecular weight excluding hydrogens is 205 g/mol. The van der Waals surface area contributed by atoms with Gasteiger partial charge in [-0.3, -0.25) is 0 Å². The summed E-state index contributed by atoms with van der Waals surface area (Å²) in [5.41, 5.74) is 0.760. The minimum Gasteiger partial charge on any atom is -0.430 e. The average Bonchev–Trinajstić information content (AvgIpc) is 2.06. The fraction of sp³-hybridized carbons (Fsp3) is 0.455. The van der Waals surface area contributed by atoms with Crippen LogP contribution in [0.5, 0.6) is 5.75 Å². The Hall–Kier alpha value is -1.19. The highest BCUT2D eigenvalue weighted by Gasteiger charge is 2.25. The van der Waals surface area contributed by atoms with E-state index in [9.17, 15) is 13.2 Å². The standard InChI is InChI=1S/C11H13F3O/c1-7(2)8-4-5-9(12)10(6-8)15-11(3,13)14/h4-7H,1-3H3. The lowest BCUT2D eigenvalue weighted by molar-refractivity contribution is -0.160. The summed E-state index contributed by atoms with van der Waals surface area (Å²) in [6.07, 6.45) is -3.36. The Bertz CT molecular complexity index is 342. The van der Waals surface area contributed by atoms with E-state index in [1.54, 1.807) is 6.07 Å². The molecule has 0 bridgehead atoms. The van der Waals surface area contributed by atoms with Gasteiger partial charge in [0, 0.05) is 6.92 Å². The molecule has 15 heavy (non-hydrogen) atoms. The second-order valence-electron chi connectivity index (χ2n) is 3.75. The molecule has 0 atom stereocenters. The van der Waals surface area contributed by atoms with Crippen LogP contribution in [0.1, 0.15) is 32.3 Å². The number of benzene rings is 1. The predicted molar refractivity (Wildman–Crippen MR) is 51.7 cm³/mol. The molecule has 0 aliphatic rings. The Morgan fingerprint density at radius 1 is 1.27 bits per heavy atom. The van der Waals surface area contributed by atoms with Gasteiger partial charge in [-0.05, 0) is 23.6 Å². The Morgan fingerprint density at radius 2 is 1.87 bits per heavy atom. The van der Waals surface area contributed by atoms with Crippen LogP contribution >= 0.6 is 0 Å². The van der Waals surface area contributed by atoms with Crippen molar-refractivity contribution in [1.29, 1.82) is 0 Å². The van der Waals surface area contributed by atoms with Gasteiger partial charge >= 0.3 is 6.11 Å². The molecule has 0 aliphatic carbocycles. The van der Waals surface area contributed by atoms with Crippen molar-refractivity contribution >= 4 is 0 Å². The first-order valence-electron chi connectivity index (χ1n) is 4.66. The molecule has 0 aliphatic heterocycles. The number of halogens is 3. The summed E-state index contributed by atoms with van der Waals surface area (Å²) in [4.78, 5) is 0. The van der Waals surface area contributed by atoms with E-state index in [2.05, 4.69) is 4.74 Å². The SMILES string of the molecule is CC(C)c1ccc(F)c(OC(C)(F)F)c1. The van der Waals surface area contributed by atoms with Gasteiger partial charge in [0.05, 0.1) is 0 Å². The fourth-order valence-electron chi connectivity index (χ4n) is 1.15. The quantitative estimate of drug-likeness (QED) is 0.746. The van der Waals surface area contributed by atoms with Crippen LogP contribution in [0.25, 0.3) is 0 Å². The van der Waals surface area contributed by atoms with Gasteiger partial charge in [-0.15, -0.1) is 0 Å². The number of hydrogen-bond donors (Lipinski definition) is 0. The second kappa shape index (κ2) is 4.13. The Balaban J connectivity index is 3.01. The average molecular weight is 218 g/mol. The van der Waals surface area contributed by atoms with Crippen molar-refractivity contribution in [2.75, 3.05) is 0 Å².